The maximum Gasteiger partial charge on any atom is 0.305 e. The van der Waals surface area contributed by atoms with Crippen LogP contribution in [0.2, 0.25) is 0 Å². The van der Waals surface area contributed by atoms with E-state index in [1.807, 2.05) is 13.0 Å². The average Bonchev–Trinajstić information content (AvgIpc) is 2.35. The van der Waals surface area contributed by atoms with Crippen LogP contribution < -0.4 is 0 Å². The van der Waals surface area contributed by atoms with E-state index in [2.05, 4.69) is 31.2 Å². The summed E-state index contributed by atoms with van der Waals surface area (Å²) < 4.78 is 5.11. The molecular weight excluding hydrogens is 200 g/mol. The molecule has 1 rings (SSSR count). The van der Waals surface area contributed by atoms with Gasteiger partial charge in [-0.05, 0) is 24.3 Å². The second-order valence-corrected chi connectivity index (χ2v) is 3.88. The van der Waals surface area contributed by atoms with E-state index >= 15 is 0 Å². The van der Waals surface area contributed by atoms with Gasteiger partial charge in [0, 0.05) is 6.42 Å². The van der Waals surface area contributed by atoms with Crippen LogP contribution in [-0.2, 0) is 9.53 Å². The zero-order valence-electron chi connectivity index (χ0n) is 10.1. The molecule has 0 fully saturated rings. The van der Waals surface area contributed by atoms with Crippen molar-refractivity contribution in [1.29, 1.82) is 0 Å². The molecule has 88 valence electrons. The summed E-state index contributed by atoms with van der Waals surface area (Å²) in [5.74, 6) is 0.383. The first kappa shape index (κ1) is 12.8. The molecule has 0 aliphatic rings. The first-order chi connectivity index (χ1) is 7.77. The van der Waals surface area contributed by atoms with Crippen LogP contribution in [0, 0.1) is 0 Å². The summed E-state index contributed by atoms with van der Waals surface area (Å²) in [6, 6.07) is 10.4. The molecule has 0 saturated heterocycles. The Hall–Kier alpha value is -1.31. The molecule has 0 radical (unpaired) electrons. The number of hydrogen-bond donors (Lipinski definition) is 0. The van der Waals surface area contributed by atoms with E-state index in [0.717, 1.165) is 12.8 Å². The van der Waals surface area contributed by atoms with E-state index in [-0.39, 0.29) is 5.97 Å². The standard InChI is InChI=1S/C14H20O2/c1-3-12(10-11-16-14(15)4-2)13-8-6-5-7-9-13/h5-9,12H,3-4,10-11H2,1-2H3. The number of ether oxygens (including phenoxy) is 1. The van der Waals surface area contributed by atoms with Gasteiger partial charge in [0.25, 0.3) is 0 Å². The Balaban J connectivity index is 2.41. The largest absolute Gasteiger partial charge is 0.466 e. The summed E-state index contributed by atoms with van der Waals surface area (Å²) in [6.45, 7) is 4.51. The third kappa shape index (κ3) is 4.05. The van der Waals surface area contributed by atoms with Gasteiger partial charge in [-0.15, -0.1) is 0 Å². The zero-order chi connectivity index (χ0) is 11.8. The van der Waals surface area contributed by atoms with E-state index in [1.165, 1.54) is 5.56 Å². The van der Waals surface area contributed by atoms with Crippen molar-refractivity contribution in [2.24, 2.45) is 0 Å². The molecule has 0 aliphatic carbocycles. The Morgan fingerprint density at radius 2 is 1.94 bits per heavy atom. The van der Waals surface area contributed by atoms with Crippen LogP contribution in [0.1, 0.15) is 44.6 Å². The normalized spacial score (nSPS) is 12.1. The second-order valence-electron chi connectivity index (χ2n) is 3.88. The molecule has 1 atom stereocenters. The van der Waals surface area contributed by atoms with Gasteiger partial charge in [0.2, 0.25) is 0 Å². The maximum absolute atomic E-state index is 11.0. The number of benzene rings is 1. The van der Waals surface area contributed by atoms with Crippen LogP contribution in [0.5, 0.6) is 0 Å². The molecule has 0 aliphatic heterocycles. The molecular formula is C14H20O2. The molecule has 0 amide bonds. The van der Waals surface area contributed by atoms with Gasteiger partial charge in [-0.1, -0.05) is 44.2 Å². The SMILES string of the molecule is CCC(=O)OCCC(CC)c1ccccc1. The lowest BCUT2D eigenvalue weighted by Gasteiger charge is -2.15. The number of carbonyl (C=O) groups is 1. The molecule has 2 heteroatoms. The summed E-state index contributed by atoms with van der Waals surface area (Å²) in [7, 11) is 0. The molecule has 1 aromatic carbocycles. The summed E-state index contributed by atoms with van der Waals surface area (Å²) >= 11 is 0. The molecule has 0 spiro atoms. The molecule has 0 heterocycles. The van der Waals surface area contributed by atoms with E-state index in [4.69, 9.17) is 4.74 Å². The Bertz CT molecular complexity index is 306. The summed E-state index contributed by atoms with van der Waals surface area (Å²) in [5, 5.41) is 0. The fourth-order valence-electron chi connectivity index (χ4n) is 1.75. The Kier molecular flexibility index (Phi) is 5.62. The predicted molar refractivity (Wildman–Crippen MR) is 65.3 cm³/mol. The van der Waals surface area contributed by atoms with Gasteiger partial charge >= 0.3 is 5.97 Å². The fraction of sp³-hybridized carbons (Fsp3) is 0.500. The van der Waals surface area contributed by atoms with Gasteiger partial charge in [-0.3, -0.25) is 4.79 Å². The van der Waals surface area contributed by atoms with Gasteiger partial charge in [0.1, 0.15) is 0 Å². The molecule has 1 aromatic rings. The van der Waals surface area contributed by atoms with Crippen LogP contribution >= 0.6 is 0 Å². The smallest absolute Gasteiger partial charge is 0.305 e. The third-order valence-electron chi connectivity index (χ3n) is 2.78. The van der Waals surface area contributed by atoms with Crippen LogP contribution in [-0.4, -0.2) is 12.6 Å². The van der Waals surface area contributed by atoms with Crippen LogP contribution in [0.15, 0.2) is 30.3 Å². The van der Waals surface area contributed by atoms with Crippen molar-refractivity contribution in [2.75, 3.05) is 6.61 Å². The fourth-order valence-corrected chi connectivity index (χ4v) is 1.75. The third-order valence-corrected chi connectivity index (χ3v) is 2.78. The highest BCUT2D eigenvalue weighted by Gasteiger charge is 2.09. The van der Waals surface area contributed by atoms with Crippen molar-refractivity contribution in [3.63, 3.8) is 0 Å². The van der Waals surface area contributed by atoms with Crippen molar-refractivity contribution in [3.05, 3.63) is 35.9 Å². The van der Waals surface area contributed by atoms with Crippen molar-refractivity contribution >= 4 is 5.97 Å². The van der Waals surface area contributed by atoms with Crippen molar-refractivity contribution in [1.82, 2.24) is 0 Å². The monoisotopic (exact) mass is 220 g/mol. The average molecular weight is 220 g/mol. The molecule has 1 unspecified atom stereocenters. The Labute approximate surface area is 97.6 Å². The lowest BCUT2D eigenvalue weighted by Crippen LogP contribution is -2.07. The molecule has 0 saturated carbocycles. The highest BCUT2D eigenvalue weighted by molar-refractivity contribution is 5.68. The topological polar surface area (TPSA) is 26.3 Å². The van der Waals surface area contributed by atoms with Gasteiger partial charge < -0.3 is 4.74 Å². The second kappa shape index (κ2) is 7.04. The number of carbonyl (C=O) groups excluding carboxylic acids is 1. The minimum atomic E-state index is -0.108. The van der Waals surface area contributed by atoms with E-state index in [9.17, 15) is 4.79 Å². The summed E-state index contributed by atoms with van der Waals surface area (Å²) in [4.78, 5) is 11.0. The quantitative estimate of drug-likeness (QED) is 0.686. The van der Waals surface area contributed by atoms with Crippen LogP contribution in [0.4, 0.5) is 0 Å². The zero-order valence-corrected chi connectivity index (χ0v) is 10.1. The number of esters is 1. The van der Waals surface area contributed by atoms with Gasteiger partial charge in [0.05, 0.1) is 6.61 Å². The lowest BCUT2D eigenvalue weighted by molar-refractivity contribution is -0.143. The van der Waals surface area contributed by atoms with Gasteiger partial charge in [-0.2, -0.15) is 0 Å². The summed E-state index contributed by atoms with van der Waals surface area (Å²) in [5.41, 5.74) is 1.33. The lowest BCUT2D eigenvalue weighted by atomic mass is 9.94. The maximum atomic E-state index is 11.0. The minimum Gasteiger partial charge on any atom is -0.466 e. The van der Waals surface area contributed by atoms with Crippen LogP contribution in [0.3, 0.4) is 0 Å². The first-order valence-corrected chi connectivity index (χ1v) is 5.98. The Morgan fingerprint density at radius 3 is 2.50 bits per heavy atom. The van der Waals surface area contributed by atoms with Gasteiger partial charge in [-0.25, -0.2) is 0 Å². The molecule has 0 bridgehead atoms. The molecule has 0 aromatic heterocycles. The first-order valence-electron chi connectivity index (χ1n) is 5.98. The molecule has 2 nitrogen and oxygen atoms in total. The highest BCUT2D eigenvalue weighted by Crippen LogP contribution is 2.22. The van der Waals surface area contributed by atoms with E-state index < -0.39 is 0 Å². The minimum absolute atomic E-state index is 0.108. The number of rotatable bonds is 6. The highest BCUT2D eigenvalue weighted by atomic mass is 16.5. The number of hydrogen-bond acceptors (Lipinski definition) is 2. The van der Waals surface area contributed by atoms with Crippen LogP contribution in [0.25, 0.3) is 0 Å². The molecule has 0 N–H and O–H groups in total. The Morgan fingerprint density at radius 1 is 1.25 bits per heavy atom. The van der Waals surface area contributed by atoms with Crippen molar-refractivity contribution in [3.8, 4) is 0 Å². The van der Waals surface area contributed by atoms with Crippen molar-refractivity contribution in [2.45, 2.75) is 39.0 Å². The van der Waals surface area contributed by atoms with Crippen molar-refractivity contribution < 1.29 is 9.53 Å². The summed E-state index contributed by atoms with van der Waals surface area (Å²) in [6.07, 6.45) is 2.45. The van der Waals surface area contributed by atoms with E-state index in [1.54, 1.807) is 0 Å². The molecule has 16 heavy (non-hydrogen) atoms. The van der Waals surface area contributed by atoms with E-state index in [0.29, 0.717) is 18.9 Å². The predicted octanol–water partition coefficient (Wildman–Crippen LogP) is 3.52. The van der Waals surface area contributed by atoms with Gasteiger partial charge in [0.15, 0.2) is 0 Å².